The maximum atomic E-state index is 11.9. The van der Waals surface area contributed by atoms with E-state index in [0.29, 0.717) is 11.1 Å². The molecule has 2 heterocycles. The van der Waals surface area contributed by atoms with Crippen molar-refractivity contribution in [1.82, 2.24) is 14.9 Å². The van der Waals surface area contributed by atoms with Crippen LogP contribution in [0.3, 0.4) is 0 Å². The molecule has 7 nitrogen and oxygen atoms in total. The lowest BCUT2D eigenvalue weighted by Crippen LogP contribution is -2.27. The van der Waals surface area contributed by atoms with Crippen molar-refractivity contribution in [3.8, 4) is 0 Å². The number of hydrogen-bond donors (Lipinski definition) is 2. The van der Waals surface area contributed by atoms with Gasteiger partial charge >= 0.3 is 5.97 Å². The summed E-state index contributed by atoms with van der Waals surface area (Å²) in [5, 5.41) is 15.1. The van der Waals surface area contributed by atoms with E-state index in [-0.39, 0.29) is 25.7 Å². The number of carboxylic acid groups (broad SMARTS) is 1. The molecule has 2 rings (SSSR count). The Labute approximate surface area is 108 Å². The van der Waals surface area contributed by atoms with Gasteiger partial charge in [-0.05, 0) is 12.1 Å². The lowest BCUT2D eigenvalue weighted by Gasteiger charge is -2.04. The number of rotatable bonds is 6. The molecule has 19 heavy (non-hydrogen) atoms. The molecule has 0 saturated carbocycles. The van der Waals surface area contributed by atoms with Gasteiger partial charge in [-0.2, -0.15) is 5.10 Å². The molecule has 0 unspecified atom stereocenters. The Balaban J connectivity index is 1.88. The van der Waals surface area contributed by atoms with Gasteiger partial charge in [0.05, 0.1) is 23.9 Å². The summed E-state index contributed by atoms with van der Waals surface area (Å²) in [7, 11) is 0. The van der Waals surface area contributed by atoms with Crippen LogP contribution in [0.25, 0.3) is 5.52 Å². The molecule has 1 amide bonds. The van der Waals surface area contributed by atoms with Crippen molar-refractivity contribution in [3.05, 3.63) is 36.2 Å². The summed E-state index contributed by atoms with van der Waals surface area (Å²) in [4.78, 5) is 22.1. The van der Waals surface area contributed by atoms with Crippen LogP contribution in [0.15, 0.2) is 30.6 Å². The SMILES string of the molecule is O=C(O)COCCNC(=O)c1cnn2ccccc12. The number of ether oxygens (including phenoxy) is 1. The van der Waals surface area contributed by atoms with E-state index in [4.69, 9.17) is 9.84 Å². The predicted octanol–water partition coefficient (Wildman–Crippen LogP) is 0.165. The van der Waals surface area contributed by atoms with Crippen LogP contribution in [-0.2, 0) is 9.53 Å². The number of carbonyl (C=O) groups excluding carboxylic acids is 1. The molecule has 0 aliphatic heterocycles. The fraction of sp³-hybridized carbons (Fsp3) is 0.250. The Morgan fingerprint density at radius 1 is 1.42 bits per heavy atom. The summed E-state index contributed by atoms with van der Waals surface area (Å²) in [5.74, 6) is -1.30. The second-order valence-electron chi connectivity index (χ2n) is 3.79. The third kappa shape index (κ3) is 3.29. The molecule has 0 saturated heterocycles. The van der Waals surface area contributed by atoms with Gasteiger partial charge in [0.15, 0.2) is 0 Å². The lowest BCUT2D eigenvalue weighted by atomic mass is 10.2. The quantitative estimate of drug-likeness (QED) is 0.724. The molecular formula is C12H13N3O4. The van der Waals surface area contributed by atoms with Crippen LogP contribution in [0, 0.1) is 0 Å². The molecule has 2 N–H and O–H groups in total. The van der Waals surface area contributed by atoms with Crippen molar-refractivity contribution in [3.63, 3.8) is 0 Å². The largest absolute Gasteiger partial charge is 0.480 e. The second-order valence-corrected chi connectivity index (χ2v) is 3.79. The highest BCUT2D eigenvalue weighted by Crippen LogP contribution is 2.09. The van der Waals surface area contributed by atoms with Crippen molar-refractivity contribution in [2.75, 3.05) is 19.8 Å². The van der Waals surface area contributed by atoms with E-state index in [1.165, 1.54) is 6.20 Å². The number of aliphatic carboxylic acids is 1. The molecule has 0 fully saturated rings. The number of aromatic nitrogens is 2. The molecule has 0 radical (unpaired) electrons. The molecule has 0 aliphatic carbocycles. The number of fused-ring (bicyclic) bond motifs is 1. The number of nitrogens with zero attached hydrogens (tertiary/aromatic N) is 2. The molecule has 2 aromatic rings. The number of nitrogens with one attached hydrogen (secondary N) is 1. The summed E-state index contributed by atoms with van der Waals surface area (Å²) in [6, 6.07) is 5.44. The molecule has 0 spiro atoms. The summed E-state index contributed by atoms with van der Waals surface area (Å²) in [6.45, 7) is 0.0279. The number of hydrogen-bond acceptors (Lipinski definition) is 4. The van der Waals surface area contributed by atoms with Crippen molar-refractivity contribution in [2.45, 2.75) is 0 Å². The first-order valence-electron chi connectivity index (χ1n) is 5.68. The van der Waals surface area contributed by atoms with Crippen LogP contribution < -0.4 is 5.32 Å². The molecule has 7 heteroatoms. The van der Waals surface area contributed by atoms with Crippen molar-refractivity contribution in [2.24, 2.45) is 0 Å². The fourth-order valence-corrected chi connectivity index (χ4v) is 1.60. The van der Waals surface area contributed by atoms with E-state index in [0.717, 1.165) is 0 Å². The van der Waals surface area contributed by atoms with Gasteiger partial charge in [-0.25, -0.2) is 9.31 Å². The molecule has 0 aromatic carbocycles. The first-order chi connectivity index (χ1) is 9.18. The maximum Gasteiger partial charge on any atom is 0.329 e. The first-order valence-corrected chi connectivity index (χ1v) is 5.68. The number of carboxylic acids is 1. The summed E-state index contributed by atoms with van der Waals surface area (Å²) < 4.78 is 6.42. The van der Waals surface area contributed by atoms with Gasteiger partial charge in [0.2, 0.25) is 0 Å². The standard InChI is InChI=1S/C12H13N3O4/c16-11(17)8-19-6-4-13-12(18)9-7-14-15-5-2-1-3-10(9)15/h1-3,5,7H,4,6,8H2,(H,13,18)(H,16,17). The van der Waals surface area contributed by atoms with E-state index in [1.54, 1.807) is 16.8 Å². The van der Waals surface area contributed by atoms with Crippen LogP contribution in [0.5, 0.6) is 0 Å². The number of carbonyl (C=O) groups is 2. The zero-order chi connectivity index (χ0) is 13.7. The van der Waals surface area contributed by atoms with Gasteiger partial charge in [-0.1, -0.05) is 6.07 Å². The minimum atomic E-state index is -1.03. The smallest absolute Gasteiger partial charge is 0.329 e. The summed E-state index contributed by atoms with van der Waals surface area (Å²) in [6.07, 6.45) is 3.24. The van der Waals surface area contributed by atoms with Crippen molar-refractivity contribution in [1.29, 1.82) is 0 Å². The summed E-state index contributed by atoms with van der Waals surface area (Å²) in [5.41, 5.74) is 1.19. The minimum Gasteiger partial charge on any atom is -0.480 e. The zero-order valence-corrected chi connectivity index (χ0v) is 10.1. The topological polar surface area (TPSA) is 92.9 Å². The monoisotopic (exact) mass is 263 g/mol. The van der Waals surface area contributed by atoms with Gasteiger partial charge < -0.3 is 15.2 Å². The second kappa shape index (κ2) is 5.96. The van der Waals surface area contributed by atoms with Gasteiger partial charge in [-0.15, -0.1) is 0 Å². The van der Waals surface area contributed by atoms with E-state index in [9.17, 15) is 9.59 Å². The van der Waals surface area contributed by atoms with Crippen LogP contribution in [0.4, 0.5) is 0 Å². The Hall–Kier alpha value is -2.41. The normalized spacial score (nSPS) is 10.5. The van der Waals surface area contributed by atoms with Gasteiger partial charge in [0.25, 0.3) is 5.91 Å². The Bertz CT molecular complexity index is 593. The first kappa shape index (κ1) is 13.0. The minimum absolute atomic E-state index is 0.150. The van der Waals surface area contributed by atoms with Crippen LogP contribution in [0.2, 0.25) is 0 Å². The Morgan fingerprint density at radius 3 is 3.05 bits per heavy atom. The Morgan fingerprint density at radius 2 is 2.26 bits per heavy atom. The molecular weight excluding hydrogens is 250 g/mol. The molecule has 100 valence electrons. The van der Waals surface area contributed by atoms with E-state index >= 15 is 0 Å². The van der Waals surface area contributed by atoms with E-state index in [1.807, 2.05) is 12.1 Å². The third-order valence-corrected chi connectivity index (χ3v) is 2.43. The van der Waals surface area contributed by atoms with Crippen LogP contribution >= 0.6 is 0 Å². The predicted molar refractivity (Wildman–Crippen MR) is 66.0 cm³/mol. The van der Waals surface area contributed by atoms with Crippen LogP contribution in [-0.4, -0.2) is 46.4 Å². The molecule has 0 aliphatic rings. The molecule has 0 bridgehead atoms. The van der Waals surface area contributed by atoms with Crippen molar-refractivity contribution >= 4 is 17.4 Å². The fourth-order valence-electron chi connectivity index (χ4n) is 1.60. The average Bonchev–Trinajstić information content (AvgIpc) is 2.81. The average molecular weight is 263 g/mol. The maximum absolute atomic E-state index is 11.9. The number of pyridine rings is 1. The van der Waals surface area contributed by atoms with Crippen LogP contribution in [0.1, 0.15) is 10.4 Å². The van der Waals surface area contributed by atoms with Gasteiger partial charge in [0.1, 0.15) is 6.61 Å². The highest BCUT2D eigenvalue weighted by molar-refractivity contribution is 6.00. The lowest BCUT2D eigenvalue weighted by molar-refractivity contribution is -0.142. The molecule has 2 aromatic heterocycles. The van der Waals surface area contributed by atoms with E-state index in [2.05, 4.69) is 10.4 Å². The zero-order valence-electron chi connectivity index (χ0n) is 10.1. The highest BCUT2D eigenvalue weighted by atomic mass is 16.5. The van der Waals surface area contributed by atoms with Gasteiger partial charge in [-0.3, -0.25) is 4.79 Å². The molecule has 0 atom stereocenters. The highest BCUT2D eigenvalue weighted by Gasteiger charge is 2.11. The van der Waals surface area contributed by atoms with E-state index < -0.39 is 5.97 Å². The number of amides is 1. The van der Waals surface area contributed by atoms with Crippen molar-refractivity contribution < 1.29 is 19.4 Å². The van der Waals surface area contributed by atoms with Gasteiger partial charge in [0, 0.05) is 12.7 Å². The third-order valence-electron chi connectivity index (χ3n) is 2.43. The summed E-state index contributed by atoms with van der Waals surface area (Å²) >= 11 is 0. The Kier molecular flexibility index (Phi) is 4.09.